The zero-order valence-electron chi connectivity index (χ0n) is 16.4. The van der Waals surface area contributed by atoms with E-state index in [9.17, 15) is 18.3 Å². The van der Waals surface area contributed by atoms with E-state index >= 15 is 0 Å². The highest BCUT2D eigenvalue weighted by Gasteiger charge is 2.37. The number of pyridine rings is 1. The van der Waals surface area contributed by atoms with Gasteiger partial charge in [0.15, 0.2) is 0 Å². The molecule has 30 heavy (non-hydrogen) atoms. The maximum Gasteiger partial charge on any atom is 0.423 e. The van der Waals surface area contributed by atoms with Crippen LogP contribution in [-0.4, -0.2) is 32.3 Å². The number of nitrogens with one attached hydrogen (secondary N) is 1. The molecular weight excluding hydrogens is 397 g/mol. The number of nitrogens with zero attached hydrogens (tertiary/aromatic N) is 3. The SMILES string of the molecule is C[C@H](O)[C@@H](C)Oc1nc(NCc2ccc(-c3ccccn3)cc2)ncc1C(F)(F)F. The van der Waals surface area contributed by atoms with Crippen molar-refractivity contribution in [1.82, 2.24) is 15.0 Å². The summed E-state index contributed by atoms with van der Waals surface area (Å²) in [7, 11) is 0. The molecule has 9 heteroatoms. The van der Waals surface area contributed by atoms with Crippen LogP contribution in [0.4, 0.5) is 19.1 Å². The average Bonchev–Trinajstić information content (AvgIpc) is 2.72. The van der Waals surface area contributed by atoms with Crippen molar-refractivity contribution in [3.8, 4) is 17.1 Å². The Morgan fingerprint density at radius 2 is 1.80 bits per heavy atom. The molecule has 0 spiro atoms. The minimum atomic E-state index is -4.67. The van der Waals surface area contributed by atoms with E-state index < -0.39 is 29.8 Å². The Labute approximate surface area is 171 Å². The first kappa shape index (κ1) is 21.5. The van der Waals surface area contributed by atoms with Gasteiger partial charge in [0.2, 0.25) is 11.8 Å². The first-order chi connectivity index (χ1) is 14.2. The molecule has 0 saturated heterocycles. The molecular formula is C21H21F3N4O2. The van der Waals surface area contributed by atoms with Crippen LogP contribution in [0.1, 0.15) is 25.0 Å². The number of hydrogen-bond donors (Lipinski definition) is 2. The van der Waals surface area contributed by atoms with Gasteiger partial charge in [0, 0.05) is 24.5 Å². The summed E-state index contributed by atoms with van der Waals surface area (Å²) in [6.07, 6.45) is -4.12. The fourth-order valence-electron chi connectivity index (χ4n) is 2.52. The van der Waals surface area contributed by atoms with E-state index in [1.54, 1.807) is 6.20 Å². The summed E-state index contributed by atoms with van der Waals surface area (Å²) in [6.45, 7) is 3.19. The highest BCUT2D eigenvalue weighted by Crippen LogP contribution is 2.35. The van der Waals surface area contributed by atoms with E-state index in [0.29, 0.717) is 12.7 Å². The summed E-state index contributed by atoms with van der Waals surface area (Å²) in [5.41, 5.74) is 1.59. The lowest BCUT2D eigenvalue weighted by Gasteiger charge is -2.20. The molecule has 0 aliphatic rings. The molecule has 0 radical (unpaired) electrons. The van der Waals surface area contributed by atoms with E-state index in [1.807, 2.05) is 42.5 Å². The summed E-state index contributed by atoms with van der Waals surface area (Å²) < 4.78 is 44.9. The second-order valence-electron chi connectivity index (χ2n) is 6.74. The van der Waals surface area contributed by atoms with Crippen LogP contribution in [0.5, 0.6) is 5.88 Å². The van der Waals surface area contributed by atoms with E-state index in [4.69, 9.17) is 4.74 Å². The quantitative estimate of drug-likeness (QED) is 0.595. The van der Waals surface area contributed by atoms with Gasteiger partial charge in [-0.15, -0.1) is 0 Å². The van der Waals surface area contributed by atoms with Crippen LogP contribution in [0.25, 0.3) is 11.3 Å². The zero-order valence-corrected chi connectivity index (χ0v) is 16.4. The van der Waals surface area contributed by atoms with Gasteiger partial charge >= 0.3 is 6.18 Å². The second kappa shape index (κ2) is 9.08. The van der Waals surface area contributed by atoms with Crippen LogP contribution < -0.4 is 10.1 Å². The number of rotatable bonds is 7. The molecule has 1 aromatic carbocycles. The predicted molar refractivity (Wildman–Crippen MR) is 106 cm³/mol. The number of halogens is 3. The Hall–Kier alpha value is -3.20. The van der Waals surface area contributed by atoms with Crippen LogP contribution in [0, 0.1) is 0 Å². The van der Waals surface area contributed by atoms with Crippen molar-refractivity contribution in [2.75, 3.05) is 5.32 Å². The summed E-state index contributed by atoms with van der Waals surface area (Å²) in [5, 5.41) is 12.4. The summed E-state index contributed by atoms with van der Waals surface area (Å²) in [4.78, 5) is 11.9. The summed E-state index contributed by atoms with van der Waals surface area (Å²) in [6, 6.07) is 13.2. The minimum Gasteiger partial charge on any atom is -0.471 e. The van der Waals surface area contributed by atoms with Gasteiger partial charge in [0.25, 0.3) is 0 Å². The Kier molecular flexibility index (Phi) is 6.51. The topological polar surface area (TPSA) is 80.2 Å². The third kappa shape index (κ3) is 5.44. The highest BCUT2D eigenvalue weighted by atomic mass is 19.4. The molecule has 0 bridgehead atoms. The highest BCUT2D eigenvalue weighted by molar-refractivity contribution is 5.59. The first-order valence-corrected chi connectivity index (χ1v) is 9.27. The maximum absolute atomic E-state index is 13.2. The smallest absolute Gasteiger partial charge is 0.423 e. The number of aliphatic hydroxyl groups excluding tert-OH is 1. The molecule has 158 valence electrons. The number of aromatic nitrogens is 3. The molecule has 2 heterocycles. The maximum atomic E-state index is 13.2. The zero-order chi connectivity index (χ0) is 21.7. The van der Waals surface area contributed by atoms with Crippen LogP contribution in [0.3, 0.4) is 0 Å². The van der Waals surface area contributed by atoms with Gasteiger partial charge in [-0.1, -0.05) is 30.3 Å². The average molecular weight is 418 g/mol. The Bertz CT molecular complexity index is 964. The third-order valence-corrected chi connectivity index (χ3v) is 4.40. The van der Waals surface area contributed by atoms with Gasteiger partial charge in [-0.2, -0.15) is 18.2 Å². The van der Waals surface area contributed by atoms with Crippen LogP contribution in [0.15, 0.2) is 54.9 Å². The summed E-state index contributed by atoms with van der Waals surface area (Å²) >= 11 is 0. The second-order valence-corrected chi connectivity index (χ2v) is 6.74. The fourth-order valence-corrected chi connectivity index (χ4v) is 2.52. The van der Waals surface area contributed by atoms with Crippen molar-refractivity contribution in [1.29, 1.82) is 0 Å². The minimum absolute atomic E-state index is 0.00963. The monoisotopic (exact) mass is 418 g/mol. The predicted octanol–water partition coefficient (Wildman–Crippen LogP) is 4.32. The van der Waals surface area contributed by atoms with E-state index in [0.717, 1.165) is 16.8 Å². The Morgan fingerprint density at radius 3 is 2.40 bits per heavy atom. The molecule has 0 amide bonds. The van der Waals surface area contributed by atoms with Crippen molar-refractivity contribution in [3.05, 3.63) is 66.0 Å². The van der Waals surface area contributed by atoms with E-state index in [1.165, 1.54) is 13.8 Å². The van der Waals surface area contributed by atoms with Gasteiger partial charge in [-0.25, -0.2) is 4.98 Å². The number of ether oxygens (including phenoxy) is 1. The van der Waals surface area contributed by atoms with Gasteiger partial charge in [-0.05, 0) is 31.5 Å². The molecule has 0 aliphatic heterocycles. The van der Waals surface area contributed by atoms with Crippen molar-refractivity contribution >= 4 is 5.95 Å². The number of anilines is 1. The molecule has 3 rings (SSSR count). The molecule has 2 aromatic heterocycles. The number of benzene rings is 1. The molecule has 2 N–H and O–H groups in total. The number of hydrogen-bond acceptors (Lipinski definition) is 6. The molecule has 0 unspecified atom stereocenters. The number of alkyl halides is 3. The molecule has 3 aromatic rings. The lowest BCUT2D eigenvalue weighted by molar-refractivity contribution is -0.140. The van der Waals surface area contributed by atoms with Crippen molar-refractivity contribution in [3.63, 3.8) is 0 Å². The third-order valence-electron chi connectivity index (χ3n) is 4.40. The summed E-state index contributed by atoms with van der Waals surface area (Å²) in [5.74, 6) is -0.636. The molecule has 6 nitrogen and oxygen atoms in total. The molecule has 2 atom stereocenters. The van der Waals surface area contributed by atoms with Crippen molar-refractivity contribution < 1.29 is 23.0 Å². The van der Waals surface area contributed by atoms with Gasteiger partial charge < -0.3 is 15.2 Å². The lowest BCUT2D eigenvalue weighted by Crippen LogP contribution is -2.27. The Morgan fingerprint density at radius 1 is 1.07 bits per heavy atom. The molecule has 0 saturated carbocycles. The van der Waals surface area contributed by atoms with E-state index in [-0.39, 0.29) is 5.95 Å². The fraction of sp³-hybridized carbons (Fsp3) is 0.286. The van der Waals surface area contributed by atoms with E-state index in [2.05, 4.69) is 20.3 Å². The van der Waals surface area contributed by atoms with Crippen molar-refractivity contribution in [2.45, 2.75) is 38.8 Å². The van der Waals surface area contributed by atoms with Gasteiger partial charge in [0.1, 0.15) is 11.7 Å². The normalized spacial score (nSPS) is 13.5. The van der Waals surface area contributed by atoms with Gasteiger partial charge in [0.05, 0.1) is 11.8 Å². The molecule has 0 aliphatic carbocycles. The number of aliphatic hydroxyl groups is 1. The van der Waals surface area contributed by atoms with Gasteiger partial charge in [-0.3, -0.25) is 4.98 Å². The lowest BCUT2D eigenvalue weighted by atomic mass is 10.1. The largest absolute Gasteiger partial charge is 0.471 e. The molecule has 0 fully saturated rings. The Balaban J connectivity index is 1.73. The standard InChI is InChI=1S/C21H21F3N4O2/c1-13(29)14(2)30-19-17(21(22,23)24)12-27-20(28-19)26-11-15-6-8-16(9-7-15)18-5-3-4-10-25-18/h3-10,12-14,29H,11H2,1-2H3,(H,26,27,28)/t13-,14+/m0/s1. The first-order valence-electron chi connectivity index (χ1n) is 9.27. The van der Waals surface area contributed by atoms with Crippen LogP contribution in [0.2, 0.25) is 0 Å². The van der Waals surface area contributed by atoms with Crippen molar-refractivity contribution in [2.24, 2.45) is 0 Å². The van der Waals surface area contributed by atoms with Crippen LogP contribution in [-0.2, 0) is 12.7 Å². The van der Waals surface area contributed by atoms with Crippen LogP contribution >= 0.6 is 0 Å².